The van der Waals surface area contributed by atoms with E-state index in [1.165, 1.54) is 12.8 Å². The molecule has 1 N–H and O–H groups in total. The summed E-state index contributed by atoms with van der Waals surface area (Å²) in [5.74, 6) is 0.135. The molecule has 1 aromatic carbocycles. The van der Waals surface area contributed by atoms with Crippen molar-refractivity contribution in [2.24, 2.45) is 0 Å². The van der Waals surface area contributed by atoms with E-state index in [1.54, 1.807) is 0 Å². The van der Waals surface area contributed by atoms with Crippen LogP contribution in [0.4, 0.5) is 0 Å². The van der Waals surface area contributed by atoms with E-state index in [-0.39, 0.29) is 12.7 Å². The highest BCUT2D eigenvalue weighted by Gasteiger charge is 2.40. The van der Waals surface area contributed by atoms with Crippen LogP contribution >= 0.6 is 0 Å². The molecule has 0 aromatic heterocycles. The second kappa shape index (κ2) is 8.09. The predicted octanol–water partition coefficient (Wildman–Crippen LogP) is 4.25. The van der Waals surface area contributed by atoms with Gasteiger partial charge in [0.25, 0.3) is 0 Å². The lowest BCUT2D eigenvalue weighted by molar-refractivity contribution is -0.480. The summed E-state index contributed by atoms with van der Waals surface area (Å²) in [5.41, 5.74) is 1.16. The highest BCUT2D eigenvalue weighted by atomic mass is 17.2. The third-order valence-corrected chi connectivity index (χ3v) is 5.07. The van der Waals surface area contributed by atoms with Gasteiger partial charge in [0.05, 0.1) is 13.2 Å². The van der Waals surface area contributed by atoms with Crippen molar-refractivity contribution >= 4 is 5.57 Å². The van der Waals surface area contributed by atoms with E-state index in [0.29, 0.717) is 12.4 Å². The van der Waals surface area contributed by atoms with Gasteiger partial charge in [-0.1, -0.05) is 31.6 Å². The maximum atomic E-state index is 9.31. The van der Waals surface area contributed by atoms with Crippen LogP contribution in [0.15, 0.2) is 30.8 Å². The highest BCUT2D eigenvalue weighted by Crippen LogP contribution is 2.37. The quantitative estimate of drug-likeness (QED) is 0.794. The van der Waals surface area contributed by atoms with Crippen LogP contribution in [0.3, 0.4) is 0 Å². The Morgan fingerprint density at radius 2 is 1.85 bits per heavy atom. The normalized spacial score (nSPS) is 23.4. The van der Waals surface area contributed by atoms with Crippen molar-refractivity contribution in [3.63, 3.8) is 0 Å². The number of hydrogen-bond donors (Lipinski definition) is 1. The minimum atomic E-state index is -0.611. The summed E-state index contributed by atoms with van der Waals surface area (Å²) < 4.78 is 11.8. The zero-order valence-electron chi connectivity index (χ0n) is 15.8. The van der Waals surface area contributed by atoms with Crippen molar-refractivity contribution in [3.05, 3.63) is 36.4 Å². The first kappa shape index (κ1) is 19.4. The van der Waals surface area contributed by atoms with E-state index in [2.05, 4.69) is 6.58 Å². The minimum Gasteiger partial charge on any atom is -0.485 e. The molecule has 1 saturated heterocycles. The second-order valence-corrected chi connectivity index (χ2v) is 7.87. The summed E-state index contributed by atoms with van der Waals surface area (Å²) in [7, 11) is 0. The van der Waals surface area contributed by atoms with Crippen LogP contribution in [-0.4, -0.2) is 35.8 Å². The predicted molar refractivity (Wildman–Crippen MR) is 99.6 cm³/mol. The molecular weight excluding hydrogens is 332 g/mol. The number of aliphatic hydroxyl groups is 1. The van der Waals surface area contributed by atoms with Gasteiger partial charge in [0, 0.05) is 12.8 Å². The molecule has 5 nitrogen and oxygen atoms in total. The summed E-state index contributed by atoms with van der Waals surface area (Å²) in [6.45, 7) is 8.24. The van der Waals surface area contributed by atoms with Gasteiger partial charge in [-0.25, -0.2) is 9.78 Å². The van der Waals surface area contributed by atoms with Crippen LogP contribution in [0.5, 0.6) is 5.75 Å². The Labute approximate surface area is 155 Å². The Hall–Kier alpha value is -1.40. The molecule has 2 fully saturated rings. The van der Waals surface area contributed by atoms with E-state index >= 15 is 0 Å². The number of aliphatic hydroxyl groups excluding tert-OH is 1. The van der Waals surface area contributed by atoms with Gasteiger partial charge in [-0.3, -0.25) is 0 Å². The fourth-order valence-electron chi connectivity index (χ4n) is 3.35. The van der Waals surface area contributed by atoms with Crippen molar-refractivity contribution in [3.8, 4) is 5.75 Å². The molecule has 0 amide bonds. The van der Waals surface area contributed by atoms with Crippen molar-refractivity contribution in [1.29, 1.82) is 0 Å². The second-order valence-electron chi connectivity index (χ2n) is 7.87. The number of rotatable bonds is 5. The van der Waals surface area contributed by atoms with Gasteiger partial charge in [0.2, 0.25) is 5.79 Å². The molecule has 144 valence electrons. The Bertz CT molecular complexity index is 589. The minimum absolute atomic E-state index is 0.0478. The first-order valence-electron chi connectivity index (χ1n) is 9.51. The van der Waals surface area contributed by atoms with Crippen LogP contribution in [0.25, 0.3) is 5.57 Å². The van der Waals surface area contributed by atoms with E-state index in [9.17, 15) is 5.11 Å². The lowest BCUT2D eigenvalue weighted by Crippen LogP contribution is -2.45. The van der Waals surface area contributed by atoms with Gasteiger partial charge in [0.15, 0.2) is 0 Å². The van der Waals surface area contributed by atoms with Crippen molar-refractivity contribution in [2.75, 3.05) is 13.2 Å². The van der Waals surface area contributed by atoms with Gasteiger partial charge in [0.1, 0.15) is 17.5 Å². The number of ether oxygens (including phenoxy) is 2. The van der Waals surface area contributed by atoms with E-state index < -0.39 is 11.4 Å². The van der Waals surface area contributed by atoms with E-state index in [0.717, 1.165) is 36.8 Å². The number of hydrogen-bond acceptors (Lipinski definition) is 5. The van der Waals surface area contributed by atoms with Gasteiger partial charge in [-0.15, -0.1) is 0 Å². The molecule has 26 heavy (non-hydrogen) atoms. The summed E-state index contributed by atoms with van der Waals surface area (Å²) in [4.78, 5) is 11.4. The Kier molecular flexibility index (Phi) is 6.03. The molecule has 5 heteroatoms. The first-order chi connectivity index (χ1) is 12.4. The molecule has 0 radical (unpaired) electrons. The molecule has 1 spiro atoms. The SMILES string of the molecule is C=C(c1ccc(OC(C)(C)CO)cc1)C1COC2(CCCCCC2)OO1. The third kappa shape index (κ3) is 4.65. The molecule has 1 aromatic rings. The van der Waals surface area contributed by atoms with Crippen molar-refractivity contribution < 1.29 is 24.4 Å². The van der Waals surface area contributed by atoms with Gasteiger partial charge >= 0.3 is 0 Å². The van der Waals surface area contributed by atoms with Crippen molar-refractivity contribution in [1.82, 2.24) is 0 Å². The largest absolute Gasteiger partial charge is 0.485 e. The highest BCUT2D eigenvalue weighted by molar-refractivity contribution is 5.67. The Morgan fingerprint density at radius 3 is 2.38 bits per heavy atom. The Morgan fingerprint density at radius 1 is 1.19 bits per heavy atom. The number of benzene rings is 1. The van der Waals surface area contributed by atoms with Crippen LogP contribution in [-0.2, 0) is 14.5 Å². The molecule has 1 aliphatic carbocycles. The van der Waals surface area contributed by atoms with Crippen LogP contribution < -0.4 is 4.74 Å². The zero-order valence-corrected chi connectivity index (χ0v) is 15.8. The lowest BCUT2D eigenvalue weighted by atomic mass is 10.0. The smallest absolute Gasteiger partial charge is 0.201 e. The van der Waals surface area contributed by atoms with Gasteiger partial charge in [-0.05, 0) is 50.0 Å². The molecule has 3 rings (SSSR count). The van der Waals surface area contributed by atoms with Crippen LogP contribution in [0.1, 0.15) is 57.9 Å². The first-order valence-corrected chi connectivity index (χ1v) is 9.51. The van der Waals surface area contributed by atoms with Crippen molar-refractivity contribution in [2.45, 2.75) is 69.9 Å². The zero-order chi connectivity index (χ0) is 18.6. The third-order valence-electron chi connectivity index (χ3n) is 5.07. The molecular formula is C21H30O5. The summed E-state index contributed by atoms with van der Waals surface area (Å²) in [6, 6.07) is 7.61. The summed E-state index contributed by atoms with van der Waals surface area (Å²) >= 11 is 0. The molecule has 2 aliphatic rings. The fourth-order valence-corrected chi connectivity index (χ4v) is 3.35. The maximum absolute atomic E-state index is 9.31. The average Bonchev–Trinajstić information content (AvgIpc) is 2.88. The molecule has 1 unspecified atom stereocenters. The molecule has 1 atom stereocenters. The van der Waals surface area contributed by atoms with Crippen LogP contribution in [0.2, 0.25) is 0 Å². The lowest BCUT2D eigenvalue weighted by Gasteiger charge is -2.38. The standard InChI is InChI=1S/C21H30O5/c1-16(17-8-10-18(11-9-17)24-20(2,3)15-22)19-14-23-21(26-25-19)12-6-4-5-7-13-21/h8-11,19,22H,1,4-7,12-15H2,2-3H3. The fraction of sp³-hybridized carbons (Fsp3) is 0.619. The Balaban J connectivity index is 1.58. The molecule has 1 saturated carbocycles. The van der Waals surface area contributed by atoms with Gasteiger partial charge in [-0.2, -0.15) is 0 Å². The van der Waals surface area contributed by atoms with E-state index in [4.69, 9.17) is 19.2 Å². The molecule has 0 bridgehead atoms. The van der Waals surface area contributed by atoms with Gasteiger partial charge < -0.3 is 14.6 Å². The molecule has 1 aliphatic heterocycles. The molecule has 1 heterocycles. The summed E-state index contributed by atoms with van der Waals surface area (Å²) in [5, 5.41) is 9.31. The van der Waals surface area contributed by atoms with Crippen LogP contribution in [0, 0.1) is 0 Å². The van der Waals surface area contributed by atoms with E-state index in [1.807, 2.05) is 38.1 Å². The summed E-state index contributed by atoms with van der Waals surface area (Å²) in [6.07, 6.45) is 6.14. The monoisotopic (exact) mass is 362 g/mol. The topological polar surface area (TPSA) is 57.2 Å². The average molecular weight is 362 g/mol. The maximum Gasteiger partial charge on any atom is 0.201 e.